The normalized spacial score (nSPS) is 11.3. The van der Waals surface area contributed by atoms with E-state index >= 15 is 0 Å². The highest BCUT2D eigenvalue weighted by Gasteiger charge is 2.09. The van der Waals surface area contributed by atoms with Crippen molar-refractivity contribution in [1.82, 2.24) is 0 Å². The number of thiocarbonyl (C=S) groups is 1. The Morgan fingerprint density at radius 2 is 0.875 bits per heavy atom. The van der Waals surface area contributed by atoms with Crippen molar-refractivity contribution in [1.29, 1.82) is 0 Å². The molecule has 3 heteroatoms. The van der Waals surface area contributed by atoms with Gasteiger partial charge in [-0.3, -0.25) is 0 Å². The minimum atomic E-state index is 0.574. The van der Waals surface area contributed by atoms with Crippen LogP contribution in [0.5, 0.6) is 0 Å². The Morgan fingerprint density at radius 1 is 0.525 bits per heavy atom. The Morgan fingerprint density at radius 3 is 1.25 bits per heavy atom. The molecule has 0 heterocycles. The fourth-order valence-electron chi connectivity index (χ4n) is 6.05. The molecule has 0 amide bonds. The number of thiol groups is 1. The van der Waals surface area contributed by atoms with Crippen molar-refractivity contribution in [3.63, 3.8) is 0 Å². The Labute approximate surface area is 262 Å². The highest BCUT2D eigenvalue weighted by atomic mass is 32.1. The van der Waals surface area contributed by atoms with Gasteiger partial charge in [-0.25, -0.2) is 0 Å². The molecule has 1 aromatic rings. The summed E-state index contributed by atoms with van der Waals surface area (Å²) in [4.78, 5) is 0. The third kappa shape index (κ3) is 22.1. The van der Waals surface area contributed by atoms with E-state index in [0.29, 0.717) is 4.32 Å². The Kier molecular flexibility index (Phi) is 26.8. The van der Waals surface area contributed by atoms with Crippen LogP contribution >= 0.6 is 24.8 Å². The Hall–Kier alpha value is -0.540. The molecule has 1 N–H and O–H groups in total. The zero-order valence-corrected chi connectivity index (χ0v) is 28.6. The van der Waals surface area contributed by atoms with E-state index in [4.69, 9.17) is 12.2 Å². The molecule has 1 nitrogen and oxygen atoms in total. The molecule has 0 aromatic heterocycles. The molecule has 0 aliphatic heterocycles. The number of nitrogens with one attached hydrogen (secondary N) is 1. The molecule has 0 aliphatic carbocycles. The summed E-state index contributed by atoms with van der Waals surface area (Å²) in [5, 5.41) is 3.36. The summed E-state index contributed by atoms with van der Waals surface area (Å²) in [6.07, 6.45) is 39.0. The topological polar surface area (TPSA) is 12.0 Å². The molecule has 0 spiro atoms. The molecule has 40 heavy (non-hydrogen) atoms. The maximum atomic E-state index is 5.27. The maximum Gasteiger partial charge on any atom is 0.135 e. The monoisotopic (exact) mass is 589 g/mol. The number of anilines is 1. The summed E-state index contributed by atoms with van der Waals surface area (Å²) in [6, 6.07) is 6.73. The molecule has 0 radical (unpaired) electrons. The molecule has 232 valence electrons. The average molecular weight is 590 g/mol. The van der Waals surface area contributed by atoms with E-state index in [1.807, 2.05) is 0 Å². The van der Waals surface area contributed by atoms with Gasteiger partial charge in [0.2, 0.25) is 0 Å². The van der Waals surface area contributed by atoms with Gasteiger partial charge in [-0.05, 0) is 42.9 Å². The number of rotatable bonds is 29. The standard InChI is InChI=1S/C37H67NS2/c1-3-5-7-9-11-13-15-17-19-21-23-25-27-30-34-31-29-33-36(38-37(39)40)35(34)32-28-26-24-22-20-18-16-14-12-10-8-6-4-2/h29,31,33H,3-28,30,32H2,1-2H3,(H2,38,39,40). The second-order valence-corrected chi connectivity index (χ2v) is 13.5. The summed E-state index contributed by atoms with van der Waals surface area (Å²) in [5.74, 6) is 0. The van der Waals surface area contributed by atoms with E-state index in [1.54, 1.807) is 0 Å². The lowest BCUT2D eigenvalue weighted by Gasteiger charge is -2.16. The SMILES string of the molecule is CCCCCCCCCCCCCCCc1cccc(NC(=S)S)c1CCCCCCCCCCCCCCC. The first-order chi connectivity index (χ1) is 19.7. The van der Waals surface area contributed by atoms with Crippen LogP contribution < -0.4 is 5.32 Å². The van der Waals surface area contributed by atoms with Crippen molar-refractivity contribution in [2.45, 2.75) is 194 Å². The lowest BCUT2D eigenvalue weighted by Crippen LogP contribution is -2.07. The van der Waals surface area contributed by atoms with Gasteiger partial charge in [0.1, 0.15) is 4.32 Å². The third-order valence-corrected chi connectivity index (χ3v) is 8.81. The van der Waals surface area contributed by atoms with Crippen LogP contribution in [0.4, 0.5) is 5.69 Å². The molecule has 0 saturated carbocycles. The van der Waals surface area contributed by atoms with Crippen molar-refractivity contribution in [2.75, 3.05) is 5.32 Å². The number of hydrogen-bond acceptors (Lipinski definition) is 1. The molecule has 0 atom stereocenters. The van der Waals surface area contributed by atoms with Crippen LogP contribution in [0.3, 0.4) is 0 Å². The molecule has 0 aliphatic rings. The van der Waals surface area contributed by atoms with Crippen LogP contribution in [0.25, 0.3) is 0 Å². The molecule has 1 aromatic carbocycles. The van der Waals surface area contributed by atoms with Gasteiger partial charge >= 0.3 is 0 Å². The molecule has 0 unspecified atom stereocenters. The minimum Gasteiger partial charge on any atom is -0.341 e. The third-order valence-electron chi connectivity index (χ3n) is 8.59. The van der Waals surface area contributed by atoms with Gasteiger partial charge in [0, 0.05) is 5.69 Å². The lowest BCUT2D eigenvalue weighted by atomic mass is 9.94. The van der Waals surface area contributed by atoms with Crippen molar-refractivity contribution in [3.05, 3.63) is 29.3 Å². The second-order valence-electron chi connectivity index (χ2n) is 12.4. The van der Waals surface area contributed by atoms with E-state index < -0.39 is 0 Å². The number of unbranched alkanes of at least 4 members (excludes halogenated alkanes) is 24. The predicted molar refractivity (Wildman–Crippen MR) is 190 cm³/mol. The summed E-state index contributed by atoms with van der Waals surface area (Å²) < 4.78 is 0.574. The van der Waals surface area contributed by atoms with E-state index in [2.05, 4.69) is 50.0 Å². The van der Waals surface area contributed by atoms with Gasteiger partial charge in [-0.15, -0.1) is 12.6 Å². The van der Waals surface area contributed by atoms with E-state index in [1.165, 1.54) is 190 Å². The summed E-state index contributed by atoms with van der Waals surface area (Å²) in [7, 11) is 0. The Bertz CT molecular complexity index is 701. The minimum absolute atomic E-state index is 0.574. The summed E-state index contributed by atoms with van der Waals surface area (Å²) >= 11 is 9.63. The summed E-state index contributed by atoms with van der Waals surface area (Å²) in [6.45, 7) is 4.60. The number of benzene rings is 1. The van der Waals surface area contributed by atoms with Gasteiger partial charge < -0.3 is 5.32 Å². The average Bonchev–Trinajstić information content (AvgIpc) is 2.94. The number of hydrogen-bond donors (Lipinski definition) is 2. The predicted octanol–water partition coefficient (Wildman–Crippen LogP) is 13.6. The van der Waals surface area contributed by atoms with E-state index in [0.717, 1.165) is 6.42 Å². The van der Waals surface area contributed by atoms with Crippen LogP contribution in [-0.2, 0) is 12.8 Å². The van der Waals surface area contributed by atoms with Crippen LogP contribution in [0.15, 0.2) is 18.2 Å². The first-order valence-corrected chi connectivity index (χ1v) is 18.6. The van der Waals surface area contributed by atoms with Gasteiger partial charge in [0.05, 0.1) is 0 Å². The van der Waals surface area contributed by atoms with Crippen LogP contribution in [0.1, 0.15) is 192 Å². The van der Waals surface area contributed by atoms with E-state index in [9.17, 15) is 0 Å². The second kappa shape index (κ2) is 28.6. The lowest BCUT2D eigenvalue weighted by molar-refractivity contribution is 0.537. The van der Waals surface area contributed by atoms with E-state index in [-0.39, 0.29) is 0 Å². The zero-order valence-electron chi connectivity index (χ0n) is 26.9. The smallest absolute Gasteiger partial charge is 0.135 e. The highest BCUT2D eigenvalue weighted by Crippen LogP contribution is 2.26. The van der Waals surface area contributed by atoms with Crippen molar-refractivity contribution in [3.8, 4) is 0 Å². The molecule has 0 fully saturated rings. The first-order valence-electron chi connectivity index (χ1n) is 17.8. The van der Waals surface area contributed by atoms with Gasteiger partial charge in [-0.1, -0.05) is 192 Å². The molecule has 1 rings (SSSR count). The summed E-state index contributed by atoms with van der Waals surface area (Å²) in [5.41, 5.74) is 4.20. The van der Waals surface area contributed by atoms with Crippen molar-refractivity contribution >= 4 is 34.9 Å². The van der Waals surface area contributed by atoms with Gasteiger partial charge in [0.15, 0.2) is 0 Å². The van der Waals surface area contributed by atoms with Crippen LogP contribution in [0, 0.1) is 0 Å². The fourth-order valence-corrected chi connectivity index (χ4v) is 6.28. The fraction of sp³-hybridized carbons (Fsp3) is 0.811. The van der Waals surface area contributed by atoms with Crippen molar-refractivity contribution in [2.24, 2.45) is 0 Å². The zero-order chi connectivity index (χ0) is 28.9. The molecular weight excluding hydrogens is 523 g/mol. The Balaban J connectivity index is 2.21. The maximum absolute atomic E-state index is 5.27. The largest absolute Gasteiger partial charge is 0.341 e. The van der Waals surface area contributed by atoms with Crippen molar-refractivity contribution < 1.29 is 0 Å². The van der Waals surface area contributed by atoms with Crippen LogP contribution in [0.2, 0.25) is 0 Å². The quantitative estimate of drug-likeness (QED) is 0.0547. The van der Waals surface area contributed by atoms with Crippen LogP contribution in [-0.4, -0.2) is 4.32 Å². The molecule has 0 bridgehead atoms. The highest BCUT2D eigenvalue weighted by molar-refractivity contribution is 8.11. The number of aryl methyl sites for hydroxylation is 1. The van der Waals surface area contributed by atoms with Gasteiger partial charge in [-0.2, -0.15) is 0 Å². The van der Waals surface area contributed by atoms with Gasteiger partial charge in [0.25, 0.3) is 0 Å². The first kappa shape index (κ1) is 37.5. The molecule has 0 saturated heterocycles. The molecular formula is C37H67NS2.